The van der Waals surface area contributed by atoms with Gasteiger partial charge < -0.3 is 24.8 Å². The summed E-state index contributed by atoms with van der Waals surface area (Å²) in [5.41, 5.74) is 3.80. The van der Waals surface area contributed by atoms with Crippen LogP contribution in [0.5, 0.6) is 0 Å². The van der Waals surface area contributed by atoms with E-state index >= 15 is 0 Å². The molecule has 7 nitrogen and oxygen atoms in total. The number of hydrogen-bond donors (Lipinski definition) is 3. The molecule has 4 rings (SSSR count). The maximum absolute atomic E-state index is 5.44. The minimum atomic E-state index is 0. The van der Waals surface area contributed by atoms with Gasteiger partial charge in [0.1, 0.15) is 5.76 Å². The van der Waals surface area contributed by atoms with Crippen LogP contribution < -0.4 is 10.6 Å². The topological polar surface area (TPSA) is 77.8 Å². The maximum Gasteiger partial charge on any atom is 0.191 e. The van der Waals surface area contributed by atoms with Crippen LogP contribution >= 0.6 is 24.0 Å². The molecule has 32 heavy (non-hydrogen) atoms. The van der Waals surface area contributed by atoms with Gasteiger partial charge in [0.25, 0.3) is 0 Å². The molecule has 0 atom stereocenters. The number of fused-ring (bicyclic) bond motifs is 1. The second kappa shape index (κ2) is 12.9. The second-order valence-corrected chi connectivity index (χ2v) is 7.89. The van der Waals surface area contributed by atoms with Crippen LogP contribution in [-0.4, -0.2) is 68.3 Å². The number of ether oxygens (including phenoxy) is 1. The molecular formula is C24H34IN5O2. The van der Waals surface area contributed by atoms with Gasteiger partial charge in [-0.05, 0) is 37.1 Å². The first-order valence-electron chi connectivity index (χ1n) is 11.2. The lowest BCUT2D eigenvalue weighted by Crippen LogP contribution is -2.41. The van der Waals surface area contributed by atoms with E-state index in [1.807, 2.05) is 12.1 Å². The quantitative estimate of drug-likeness (QED) is 0.216. The fourth-order valence-corrected chi connectivity index (χ4v) is 4.02. The predicted molar refractivity (Wildman–Crippen MR) is 140 cm³/mol. The molecule has 1 aliphatic heterocycles. The van der Waals surface area contributed by atoms with Gasteiger partial charge in [0.05, 0.1) is 26.0 Å². The number of halogens is 1. The molecule has 2 aromatic heterocycles. The van der Waals surface area contributed by atoms with E-state index in [9.17, 15) is 0 Å². The number of morpholine rings is 1. The van der Waals surface area contributed by atoms with E-state index in [0.29, 0.717) is 0 Å². The molecule has 0 amide bonds. The molecule has 1 aromatic carbocycles. The fourth-order valence-electron chi connectivity index (χ4n) is 4.02. The molecule has 0 saturated carbocycles. The van der Waals surface area contributed by atoms with E-state index in [1.54, 1.807) is 6.26 Å². The molecule has 0 bridgehead atoms. The smallest absolute Gasteiger partial charge is 0.191 e. The van der Waals surface area contributed by atoms with Crippen LogP contribution in [0.15, 0.2) is 52.1 Å². The number of rotatable bonds is 9. The van der Waals surface area contributed by atoms with E-state index in [4.69, 9.17) is 14.1 Å². The van der Waals surface area contributed by atoms with E-state index in [1.165, 1.54) is 22.2 Å². The summed E-state index contributed by atoms with van der Waals surface area (Å²) in [5, 5.41) is 8.28. The molecular weight excluding hydrogens is 517 g/mol. The van der Waals surface area contributed by atoms with Crippen LogP contribution in [0.2, 0.25) is 0 Å². The van der Waals surface area contributed by atoms with Gasteiger partial charge in [-0.25, -0.2) is 0 Å². The highest BCUT2D eigenvalue weighted by Crippen LogP contribution is 2.21. The van der Waals surface area contributed by atoms with Crippen LogP contribution in [0.25, 0.3) is 10.9 Å². The molecule has 0 unspecified atom stereocenters. The first-order valence-corrected chi connectivity index (χ1v) is 11.2. The predicted octanol–water partition coefficient (Wildman–Crippen LogP) is 3.34. The molecule has 174 valence electrons. The SMILES string of the molecule is Cc1[nH]c2ccccc2c1CCNC(=NCCN1CCOCC1)NCCc1ccco1.I. The van der Waals surface area contributed by atoms with Crippen LogP contribution in [0.1, 0.15) is 17.0 Å². The van der Waals surface area contributed by atoms with Gasteiger partial charge in [0, 0.05) is 55.7 Å². The number of aromatic nitrogens is 1. The Bertz CT molecular complexity index is 964. The Labute approximate surface area is 207 Å². The lowest BCUT2D eigenvalue weighted by molar-refractivity contribution is 0.0394. The number of benzene rings is 1. The van der Waals surface area contributed by atoms with Crippen molar-refractivity contribution in [2.45, 2.75) is 19.8 Å². The third-order valence-corrected chi connectivity index (χ3v) is 5.73. The second-order valence-electron chi connectivity index (χ2n) is 7.89. The van der Waals surface area contributed by atoms with Gasteiger partial charge in [-0.15, -0.1) is 24.0 Å². The van der Waals surface area contributed by atoms with Crippen molar-refractivity contribution in [1.29, 1.82) is 0 Å². The molecule has 3 N–H and O–H groups in total. The number of nitrogens with one attached hydrogen (secondary N) is 3. The molecule has 0 spiro atoms. The third kappa shape index (κ3) is 6.98. The molecule has 1 aliphatic rings. The number of H-pyrrole nitrogens is 1. The Balaban J connectivity index is 0.00000289. The zero-order chi connectivity index (χ0) is 21.3. The number of aliphatic imine (C=N–C) groups is 1. The molecule has 1 fully saturated rings. The summed E-state index contributed by atoms with van der Waals surface area (Å²) < 4.78 is 10.9. The average Bonchev–Trinajstić information content (AvgIpc) is 3.42. The van der Waals surface area contributed by atoms with Crippen molar-refractivity contribution < 1.29 is 9.15 Å². The van der Waals surface area contributed by atoms with E-state index in [2.05, 4.69) is 51.7 Å². The molecule has 1 saturated heterocycles. The number of nitrogens with zero attached hydrogens (tertiary/aromatic N) is 2. The zero-order valence-electron chi connectivity index (χ0n) is 18.7. The van der Waals surface area contributed by atoms with Gasteiger partial charge >= 0.3 is 0 Å². The Morgan fingerprint density at radius 3 is 2.62 bits per heavy atom. The molecule has 0 aliphatic carbocycles. The summed E-state index contributed by atoms with van der Waals surface area (Å²) in [6.45, 7) is 9.09. The summed E-state index contributed by atoms with van der Waals surface area (Å²) in [5.74, 6) is 1.84. The zero-order valence-corrected chi connectivity index (χ0v) is 21.1. The largest absolute Gasteiger partial charge is 0.469 e. The minimum absolute atomic E-state index is 0. The number of hydrogen-bond acceptors (Lipinski definition) is 4. The van der Waals surface area contributed by atoms with Gasteiger partial charge in [0.15, 0.2) is 5.96 Å². The van der Waals surface area contributed by atoms with E-state index in [0.717, 1.165) is 77.0 Å². The number of aromatic amines is 1. The molecule has 0 radical (unpaired) electrons. The lowest BCUT2D eigenvalue weighted by atomic mass is 10.1. The number of guanidine groups is 1. The maximum atomic E-state index is 5.44. The summed E-state index contributed by atoms with van der Waals surface area (Å²) in [7, 11) is 0. The lowest BCUT2D eigenvalue weighted by Gasteiger charge is -2.25. The fraction of sp³-hybridized carbons (Fsp3) is 0.458. The monoisotopic (exact) mass is 551 g/mol. The van der Waals surface area contributed by atoms with Crippen LogP contribution in [0, 0.1) is 6.92 Å². The van der Waals surface area contributed by atoms with Crippen molar-refractivity contribution in [3.05, 3.63) is 59.7 Å². The number of aryl methyl sites for hydroxylation is 1. The van der Waals surface area contributed by atoms with Gasteiger partial charge in [-0.2, -0.15) is 0 Å². The van der Waals surface area contributed by atoms with Crippen LogP contribution in [0.4, 0.5) is 0 Å². The van der Waals surface area contributed by atoms with Crippen molar-refractivity contribution in [2.75, 3.05) is 52.5 Å². The minimum Gasteiger partial charge on any atom is -0.469 e. The average molecular weight is 551 g/mol. The van der Waals surface area contributed by atoms with Gasteiger partial charge in [-0.1, -0.05) is 18.2 Å². The third-order valence-electron chi connectivity index (χ3n) is 5.73. The van der Waals surface area contributed by atoms with Crippen LogP contribution in [0.3, 0.4) is 0 Å². The highest BCUT2D eigenvalue weighted by Gasteiger charge is 2.10. The normalized spacial score (nSPS) is 15.0. The van der Waals surface area contributed by atoms with E-state index in [-0.39, 0.29) is 24.0 Å². The van der Waals surface area contributed by atoms with Crippen molar-refractivity contribution in [3.63, 3.8) is 0 Å². The first-order chi connectivity index (χ1) is 15.3. The molecule has 3 aromatic rings. The van der Waals surface area contributed by atoms with Crippen molar-refractivity contribution in [2.24, 2.45) is 4.99 Å². The Hall–Kier alpha value is -2.04. The summed E-state index contributed by atoms with van der Waals surface area (Å²) in [6, 6.07) is 12.4. The number of furan rings is 1. The Morgan fingerprint density at radius 1 is 1.06 bits per heavy atom. The van der Waals surface area contributed by atoms with Gasteiger partial charge in [-0.3, -0.25) is 9.89 Å². The first kappa shape index (κ1) is 24.6. The van der Waals surface area contributed by atoms with E-state index < -0.39 is 0 Å². The summed E-state index contributed by atoms with van der Waals surface area (Å²) in [6.07, 6.45) is 3.49. The molecule has 3 heterocycles. The summed E-state index contributed by atoms with van der Waals surface area (Å²) in [4.78, 5) is 10.7. The highest BCUT2D eigenvalue weighted by atomic mass is 127. The molecule has 8 heteroatoms. The Kier molecular flexibility index (Phi) is 9.89. The highest BCUT2D eigenvalue weighted by molar-refractivity contribution is 14.0. The van der Waals surface area contributed by atoms with Crippen LogP contribution in [-0.2, 0) is 17.6 Å². The summed E-state index contributed by atoms with van der Waals surface area (Å²) >= 11 is 0. The number of para-hydroxylation sites is 1. The van der Waals surface area contributed by atoms with Crippen molar-refractivity contribution >= 4 is 40.8 Å². The standard InChI is InChI=1S/C24H33N5O2.HI/c1-19-21(22-6-2-3-7-23(22)28-19)9-11-26-24(25-10-8-20-5-4-16-31-20)27-12-13-29-14-17-30-18-15-29;/h2-7,16,28H,8-15,17-18H2,1H3,(H2,25,26,27);1H. The van der Waals surface area contributed by atoms with Crippen molar-refractivity contribution in [1.82, 2.24) is 20.5 Å². The van der Waals surface area contributed by atoms with Gasteiger partial charge in [0.2, 0.25) is 0 Å². The van der Waals surface area contributed by atoms with Crippen molar-refractivity contribution in [3.8, 4) is 0 Å². The Morgan fingerprint density at radius 2 is 1.84 bits per heavy atom.